The number of nitrogens with zero attached hydrogens (tertiary/aromatic N) is 2. The van der Waals surface area contributed by atoms with Crippen molar-refractivity contribution >= 4 is 44.9 Å². The van der Waals surface area contributed by atoms with E-state index in [1.54, 1.807) is 0 Å². The molecule has 328 valence electrons. The molecule has 1 aliphatic carbocycles. The molecule has 0 fully saturated rings. The molecule has 0 atom stereocenters. The van der Waals surface area contributed by atoms with Crippen molar-refractivity contribution in [1.82, 2.24) is 0 Å². The van der Waals surface area contributed by atoms with E-state index >= 15 is 0 Å². The Kier molecular flexibility index (Phi) is 10.6. The van der Waals surface area contributed by atoms with E-state index in [0.29, 0.717) is 0 Å². The molecule has 0 saturated carbocycles. The van der Waals surface area contributed by atoms with Crippen molar-refractivity contribution in [3.05, 3.63) is 278 Å². The molecule has 0 N–H and O–H groups in total. The monoisotopic (exact) mass is 882 g/mol. The summed E-state index contributed by atoms with van der Waals surface area (Å²) in [4.78, 5) is 4.83. The topological polar surface area (TPSA) is 6.48 Å². The molecule has 0 amide bonds. The fourth-order valence-electron chi connectivity index (χ4n) is 10.6. The molecule has 0 aliphatic heterocycles. The van der Waals surface area contributed by atoms with Gasteiger partial charge in [0.25, 0.3) is 0 Å². The van der Waals surface area contributed by atoms with Gasteiger partial charge in [0.1, 0.15) is 0 Å². The molecule has 0 spiro atoms. The summed E-state index contributed by atoms with van der Waals surface area (Å²) in [5, 5.41) is 2.48. The first kappa shape index (κ1) is 41.7. The van der Waals surface area contributed by atoms with Crippen LogP contribution in [0.1, 0.15) is 25.0 Å². The van der Waals surface area contributed by atoms with Gasteiger partial charge in [0.15, 0.2) is 0 Å². The summed E-state index contributed by atoms with van der Waals surface area (Å²) in [5.74, 6) is 0. The summed E-state index contributed by atoms with van der Waals surface area (Å²) in [6.45, 7) is 4.72. The van der Waals surface area contributed by atoms with E-state index in [1.807, 2.05) is 0 Å². The first-order valence-electron chi connectivity index (χ1n) is 23.9. The molecule has 2 heteroatoms. The van der Waals surface area contributed by atoms with Crippen LogP contribution in [0.5, 0.6) is 0 Å². The van der Waals surface area contributed by atoms with Gasteiger partial charge in [0.2, 0.25) is 0 Å². The molecule has 0 unspecified atom stereocenters. The maximum Gasteiger partial charge on any atom is 0.0488 e. The molecular weight excluding hydrogens is 833 g/mol. The van der Waals surface area contributed by atoms with E-state index < -0.39 is 0 Å². The Balaban J connectivity index is 1.05. The molecule has 1 aliphatic rings. The third-order valence-electron chi connectivity index (χ3n) is 14.0. The lowest BCUT2D eigenvalue weighted by Crippen LogP contribution is -2.17. The van der Waals surface area contributed by atoms with Crippen molar-refractivity contribution in [2.45, 2.75) is 19.3 Å². The molecule has 11 aromatic rings. The number of fused-ring (bicyclic) bond motifs is 4. The molecule has 11 aromatic carbocycles. The van der Waals surface area contributed by atoms with Crippen molar-refractivity contribution in [3.63, 3.8) is 0 Å². The summed E-state index contributed by atoms with van der Waals surface area (Å²) in [6, 6.07) is 97.4. The van der Waals surface area contributed by atoms with Crippen LogP contribution in [-0.4, -0.2) is 0 Å². The van der Waals surface area contributed by atoms with Gasteiger partial charge in [-0.3, -0.25) is 0 Å². The van der Waals surface area contributed by atoms with Gasteiger partial charge >= 0.3 is 0 Å². The van der Waals surface area contributed by atoms with E-state index in [0.717, 1.165) is 45.3 Å². The van der Waals surface area contributed by atoms with E-state index in [4.69, 9.17) is 0 Å². The Morgan fingerprint density at radius 1 is 0.261 bits per heavy atom. The predicted molar refractivity (Wildman–Crippen MR) is 293 cm³/mol. The van der Waals surface area contributed by atoms with Crippen molar-refractivity contribution < 1.29 is 0 Å². The minimum atomic E-state index is -0.152. The van der Waals surface area contributed by atoms with Crippen LogP contribution in [0.15, 0.2) is 267 Å². The van der Waals surface area contributed by atoms with Crippen LogP contribution in [0.4, 0.5) is 34.1 Å². The van der Waals surface area contributed by atoms with Gasteiger partial charge in [-0.2, -0.15) is 0 Å². The lowest BCUT2D eigenvalue weighted by atomic mass is 9.82. The second-order valence-electron chi connectivity index (χ2n) is 18.5. The van der Waals surface area contributed by atoms with Gasteiger partial charge in [-0.05, 0) is 144 Å². The standard InChI is InChI=1S/C67H50N2/c1-67(2)64-30-18-17-29-62(64)63-42-40-57(46-65(63)67)69(55-26-13-6-14-27-55)59-44-53(43-58(45-59)68(54-24-11-5-12-25-54)56-38-35-48(36-39-56)47-19-7-3-8-20-47)49-31-33-51(34-32-49)61-41-37-50-21-15-16-28-60(50)66(61)52-22-9-4-10-23-52/h3-46H,1-2H3. The molecule has 2 nitrogen and oxygen atoms in total. The van der Waals surface area contributed by atoms with Crippen LogP contribution in [-0.2, 0) is 5.41 Å². The van der Waals surface area contributed by atoms with E-state index in [-0.39, 0.29) is 5.41 Å². The zero-order chi connectivity index (χ0) is 46.3. The molecule has 0 heterocycles. The Bertz CT molecular complexity index is 3600. The lowest BCUT2D eigenvalue weighted by Gasteiger charge is -2.31. The van der Waals surface area contributed by atoms with Crippen LogP contribution in [0.3, 0.4) is 0 Å². The lowest BCUT2D eigenvalue weighted by molar-refractivity contribution is 0.660. The minimum Gasteiger partial charge on any atom is -0.310 e. The SMILES string of the molecule is CC1(C)c2ccccc2-c2ccc(N(c3ccccc3)c3cc(-c4ccc(-c5ccc6ccccc6c5-c5ccccc5)cc4)cc(N(c4ccccc4)c4ccc(-c5ccccc5)cc4)c3)cc21. The van der Waals surface area contributed by atoms with Gasteiger partial charge in [-0.15, -0.1) is 0 Å². The molecule has 0 saturated heterocycles. The van der Waals surface area contributed by atoms with Gasteiger partial charge in [-0.25, -0.2) is 0 Å². The van der Waals surface area contributed by atoms with Crippen molar-refractivity contribution in [2.75, 3.05) is 9.80 Å². The highest BCUT2D eigenvalue weighted by Gasteiger charge is 2.36. The maximum absolute atomic E-state index is 2.43. The maximum atomic E-state index is 2.43. The van der Waals surface area contributed by atoms with E-state index in [9.17, 15) is 0 Å². The van der Waals surface area contributed by atoms with Gasteiger partial charge in [0, 0.05) is 39.5 Å². The van der Waals surface area contributed by atoms with Crippen LogP contribution >= 0.6 is 0 Å². The summed E-state index contributed by atoms with van der Waals surface area (Å²) >= 11 is 0. The van der Waals surface area contributed by atoms with Crippen LogP contribution < -0.4 is 9.80 Å². The molecule has 12 rings (SSSR count). The van der Waals surface area contributed by atoms with Crippen LogP contribution in [0.2, 0.25) is 0 Å². The van der Waals surface area contributed by atoms with Crippen molar-refractivity contribution in [1.29, 1.82) is 0 Å². The van der Waals surface area contributed by atoms with Crippen LogP contribution in [0, 0.1) is 0 Å². The smallest absolute Gasteiger partial charge is 0.0488 e. The second-order valence-corrected chi connectivity index (χ2v) is 18.5. The number of anilines is 6. The third-order valence-corrected chi connectivity index (χ3v) is 14.0. The van der Waals surface area contributed by atoms with Gasteiger partial charge in [-0.1, -0.05) is 214 Å². The Hall–Kier alpha value is -8.72. The highest BCUT2D eigenvalue weighted by atomic mass is 15.2. The second kappa shape index (κ2) is 17.5. The molecular formula is C67H50N2. The minimum absolute atomic E-state index is 0.152. The number of hydrogen-bond donors (Lipinski definition) is 0. The summed E-state index contributed by atoms with van der Waals surface area (Å²) in [5.41, 5.74) is 21.1. The fraction of sp³-hybridized carbons (Fsp3) is 0.0448. The molecule has 0 bridgehead atoms. The number of benzene rings is 11. The predicted octanol–water partition coefficient (Wildman–Crippen LogP) is 18.8. The Morgan fingerprint density at radius 3 is 1.38 bits per heavy atom. The molecule has 0 radical (unpaired) electrons. The number of hydrogen-bond acceptors (Lipinski definition) is 2. The largest absolute Gasteiger partial charge is 0.310 e. The average molecular weight is 883 g/mol. The normalized spacial score (nSPS) is 12.3. The Morgan fingerprint density at radius 2 is 0.710 bits per heavy atom. The van der Waals surface area contributed by atoms with E-state index in [2.05, 4.69) is 291 Å². The first-order valence-corrected chi connectivity index (χ1v) is 23.9. The zero-order valence-electron chi connectivity index (χ0n) is 38.8. The van der Waals surface area contributed by atoms with Crippen molar-refractivity contribution in [3.8, 4) is 55.6 Å². The van der Waals surface area contributed by atoms with Crippen LogP contribution in [0.25, 0.3) is 66.4 Å². The van der Waals surface area contributed by atoms with Gasteiger partial charge in [0.05, 0.1) is 0 Å². The Labute approximate surface area is 405 Å². The quantitative estimate of drug-likeness (QED) is 0.135. The summed E-state index contributed by atoms with van der Waals surface area (Å²) < 4.78 is 0. The zero-order valence-corrected chi connectivity index (χ0v) is 38.8. The highest BCUT2D eigenvalue weighted by Crippen LogP contribution is 2.51. The van der Waals surface area contributed by atoms with Crippen molar-refractivity contribution in [2.24, 2.45) is 0 Å². The average Bonchev–Trinajstić information content (AvgIpc) is 3.64. The summed E-state index contributed by atoms with van der Waals surface area (Å²) in [7, 11) is 0. The van der Waals surface area contributed by atoms with E-state index in [1.165, 1.54) is 66.4 Å². The highest BCUT2D eigenvalue weighted by molar-refractivity contribution is 6.04. The number of para-hydroxylation sites is 2. The molecule has 69 heavy (non-hydrogen) atoms. The first-order chi connectivity index (χ1) is 34.0. The third kappa shape index (κ3) is 7.67. The molecule has 0 aromatic heterocycles. The summed E-state index contributed by atoms with van der Waals surface area (Å²) in [6.07, 6.45) is 0. The fourth-order valence-corrected chi connectivity index (χ4v) is 10.6. The van der Waals surface area contributed by atoms with Gasteiger partial charge < -0.3 is 9.80 Å². The number of rotatable bonds is 10.